The number of hydrogen-bond acceptors (Lipinski definition) is 6. The van der Waals surface area contributed by atoms with Gasteiger partial charge in [0, 0.05) is 50.4 Å². The van der Waals surface area contributed by atoms with Crippen LogP contribution in [0, 0.1) is 24.2 Å². The average Bonchev–Trinajstić information content (AvgIpc) is 3.12. The number of benzene rings is 1. The Hall–Kier alpha value is -2.53. The molecule has 56 heavy (non-hydrogen) atoms. The van der Waals surface area contributed by atoms with Gasteiger partial charge in [0.15, 0.2) is 8.32 Å². The topological polar surface area (TPSA) is 93.2 Å². The van der Waals surface area contributed by atoms with Crippen LogP contribution in [0.3, 0.4) is 0 Å². The molecule has 4 heterocycles. The molecule has 4 fully saturated rings. The molecule has 1 saturated carbocycles. The number of fused-ring (bicyclic) bond motifs is 13. The fraction of sp³-hybridized carbons (Fsp3) is 0.696. The number of hydrogen-bond donors (Lipinski definition) is 0. The minimum Gasteiger partial charge on any atom is -0.458 e. The molecular weight excluding hydrogens is 737 g/mol. The van der Waals surface area contributed by atoms with E-state index in [0.29, 0.717) is 43.8 Å². The molecule has 1 amide bonds. The smallest absolute Gasteiger partial charge is 0.303 e. The number of esters is 1. The monoisotopic (exact) mass is 808 g/mol. The largest absolute Gasteiger partial charge is 0.458 e. The molecule has 6 rings (SSSR count). The molecule has 0 aromatic heterocycles. The van der Waals surface area contributed by atoms with E-state index in [1.54, 1.807) is 16.4 Å². The van der Waals surface area contributed by atoms with Gasteiger partial charge in [0.1, 0.15) is 6.10 Å². The number of ether oxygens (including phenoxy) is 1. The first-order valence-electron chi connectivity index (χ1n) is 21.8. The summed E-state index contributed by atoms with van der Waals surface area (Å²) >= 11 is 0. The van der Waals surface area contributed by atoms with Crippen LogP contribution in [0.25, 0.3) is 0 Å². The molecule has 10 heteroatoms. The molecule has 8 nitrogen and oxygen atoms in total. The summed E-state index contributed by atoms with van der Waals surface area (Å²) in [5.74, 6) is -1.01. The molecule has 0 radical (unpaired) electrons. The molecule has 4 bridgehead atoms. The van der Waals surface area contributed by atoms with Crippen molar-refractivity contribution >= 4 is 30.2 Å². The van der Waals surface area contributed by atoms with Gasteiger partial charge in [-0.3, -0.25) is 9.59 Å². The summed E-state index contributed by atoms with van der Waals surface area (Å²) in [6.07, 6.45) is 24.2. The summed E-state index contributed by atoms with van der Waals surface area (Å²) in [5.41, 5.74) is 1.73. The number of carbonyl (C=O) groups is 2. The molecule has 5 aliphatic rings. The molecule has 4 aliphatic heterocycles. The normalized spacial score (nSPS) is 30.1. The maximum absolute atomic E-state index is 14.8. The first-order valence-corrected chi connectivity index (χ1v) is 26.1. The number of nitrogens with zero attached hydrogens (tertiary/aromatic N) is 2. The minimum absolute atomic E-state index is 0.00765. The van der Waals surface area contributed by atoms with E-state index in [0.717, 1.165) is 88.2 Å². The van der Waals surface area contributed by atoms with E-state index in [1.807, 2.05) is 19.1 Å². The van der Waals surface area contributed by atoms with Gasteiger partial charge in [0.05, 0.1) is 11.0 Å². The lowest BCUT2D eigenvalue weighted by Crippen LogP contribution is -2.61. The lowest BCUT2D eigenvalue weighted by Gasteiger charge is -2.56. The summed E-state index contributed by atoms with van der Waals surface area (Å²) in [6, 6.07) is 7.11. The second-order valence-electron chi connectivity index (χ2n) is 18.7. The van der Waals surface area contributed by atoms with Crippen molar-refractivity contribution < 1.29 is 27.2 Å². The fourth-order valence-corrected chi connectivity index (χ4v) is 12.0. The first-order chi connectivity index (χ1) is 26.5. The maximum Gasteiger partial charge on any atom is 0.303 e. The van der Waals surface area contributed by atoms with Gasteiger partial charge >= 0.3 is 5.97 Å². The van der Waals surface area contributed by atoms with E-state index in [1.165, 1.54) is 6.92 Å². The number of sulfonamides is 1. The third-order valence-corrected chi connectivity index (χ3v) is 19.8. The predicted octanol–water partition coefficient (Wildman–Crippen LogP) is 10.3. The Labute approximate surface area is 340 Å². The quantitative estimate of drug-likeness (QED) is 0.167. The summed E-state index contributed by atoms with van der Waals surface area (Å²) in [6.45, 7) is 16.8. The summed E-state index contributed by atoms with van der Waals surface area (Å²) < 4.78 is 44.2. The highest BCUT2D eigenvalue weighted by Crippen LogP contribution is 2.55. The summed E-state index contributed by atoms with van der Waals surface area (Å²) in [7, 11) is -6.05. The van der Waals surface area contributed by atoms with Crippen LogP contribution in [0.2, 0.25) is 18.1 Å². The predicted molar refractivity (Wildman–Crippen MR) is 229 cm³/mol. The number of allylic oxidation sites excluding steroid dienone is 3. The molecule has 1 aromatic carbocycles. The Balaban J connectivity index is 1.67. The van der Waals surface area contributed by atoms with Crippen molar-refractivity contribution in [3.63, 3.8) is 0 Å². The van der Waals surface area contributed by atoms with Gasteiger partial charge in [-0.25, -0.2) is 8.42 Å². The SMILES string of the molecule is CC(=O)OC1/C2=C/[C@H](O[Si](C)(C)C(C)(C)C)CC=CC/C=C\CCCN3C[C@@]24CCCCCCCCCCN(S(=O)(=O)c2ccc(C)cc2)CC[C@@H]1[C@H](C4)C3=O. The van der Waals surface area contributed by atoms with E-state index in [4.69, 9.17) is 9.16 Å². The van der Waals surface area contributed by atoms with Gasteiger partial charge in [-0.1, -0.05) is 114 Å². The number of aryl methyl sites for hydroxylation is 1. The standard InChI is InChI=1S/C46H72N2O6SSi/c1-36-24-26-39(27-25-36)55(51,52)48-31-22-18-14-9-8-12-16-20-29-46-34-41-40(28-32-48)43(53-37(2)49)42(46)33-38(54-56(6,7)45(3,4)5)23-19-15-11-10-13-17-21-30-47(35-46)44(41)50/h10,13,15,19,24-27,33,38,40-41,43H,8-9,11-12,14,16-18,20-23,28-32,34-35H2,1-7H3/b13-10-,19-15?,42-33-/t38-,40-,41+,43?,46+/m1/s1. The van der Waals surface area contributed by atoms with E-state index < -0.39 is 24.4 Å². The Morgan fingerprint density at radius 2 is 1.54 bits per heavy atom. The van der Waals surface area contributed by atoms with Gasteiger partial charge in [0.2, 0.25) is 15.9 Å². The van der Waals surface area contributed by atoms with Crippen molar-refractivity contribution in [3.8, 4) is 0 Å². The highest BCUT2D eigenvalue weighted by molar-refractivity contribution is 7.89. The van der Waals surface area contributed by atoms with Crippen molar-refractivity contribution in [1.29, 1.82) is 0 Å². The molecule has 1 unspecified atom stereocenters. The zero-order valence-corrected chi connectivity index (χ0v) is 37.5. The van der Waals surface area contributed by atoms with Crippen molar-refractivity contribution in [2.45, 2.75) is 166 Å². The van der Waals surface area contributed by atoms with Crippen molar-refractivity contribution in [2.75, 3.05) is 26.2 Å². The third kappa shape index (κ3) is 11.1. The third-order valence-electron chi connectivity index (χ3n) is 13.4. The van der Waals surface area contributed by atoms with E-state index in [9.17, 15) is 18.0 Å². The van der Waals surface area contributed by atoms with E-state index in [2.05, 4.69) is 69.1 Å². The van der Waals surface area contributed by atoms with Crippen molar-refractivity contribution in [1.82, 2.24) is 9.21 Å². The Kier molecular flexibility index (Phi) is 15.5. The molecule has 1 aromatic rings. The number of carbonyl (C=O) groups excluding carboxylic acids is 2. The molecule has 312 valence electrons. The molecule has 5 atom stereocenters. The van der Waals surface area contributed by atoms with Crippen LogP contribution in [0.4, 0.5) is 0 Å². The molecule has 1 aliphatic carbocycles. The molecular formula is C46H72N2O6SSi. The van der Waals surface area contributed by atoms with Crippen molar-refractivity contribution in [3.05, 3.63) is 65.8 Å². The van der Waals surface area contributed by atoms with Gasteiger partial charge in [-0.05, 0) is 94.1 Å². The van der Waals surface area contributed by atoms with E-state index >= 15 is 0 Å². The number of piperidine rings is 1. The van der Waals surface area contributed by atoms with E-state index in [-0.39, 0.29) is 46.8 Å². The van der Waals surface area contributed by atoms with Crippen LogP contribution in [-0.2, 0) is 28.8 Å². The van der Waals surface area contributed by atoms with Crippen LogP contribution in [0.5, 0.6) is 0 Å². The maximum atomic E-state index is 14.8. The highest BCUT2D eigenvalue weighted by Gasteiger charge is 2.57. The Morgan fingerprint density at radius 3 is 2.21 bits per heavy atom. The van der Waals surface area contributed by atoms with Gasteiger partial charge in [0.25, 0.3) is 0 Å². The van der Waals surface area contributed by atoms with Crippen molar-refractivity contribution in [2.24, 2.45) is 17.3 Å². The minimum atomic E-state index is -3.81. The van der Waals surface area contributed by atoms with Crippen LogP contribution >= 0.6 is 0 Å². The molecule has 0 N–H and O–H groups in total. The summed E-state index contributed by atoms with van der Waals surface area (Å²) in [5, 5.41) is -0.00765. The molecule has 3 saturated heterocycles. The second kappa shape index (κ2) is 19.5. The highest BCUT2D eigenvalue weighted by atomic mass is 32.2. The Morgan fingerprint density at radius 1 is 0.875 bits per heavy atom. The van der Waals surface area contributed by atoms with Crippen LogP contribution in [0.1, 0.15) is 130 Å². The molecule has 1 spiro atoms. The van der Waals surface area contributed by atoms with Crippen LogP contribution in [0.15, 0.2) is 65.1 Å². The second-order valence-corrected chi connectivity index (χ2v) is 25.4. The zero-order chi connectivity index (χ0) is 40.6. The van der Waals surface area contributed by atoms with Crippen LogP contribution in [-0.4, -0.2) is 76.2 Å². The Bertz CT molecular complexity index is 1680. The zero-order valence-electron chi connectivity index (χ0n) is 35.7. The lowest BCUT2D eigenvalue weighted by atomic mass is 9.55. The summed E-state index contributed by atoms with van der Waals surface area (Å²) in [4.78, 5) is 30.4. The average molecular weight is 809 g/mol. The fourth-order valence-electron chi connectivity index (χ4n) is 9.25. The first kappa shape index (κ1) is 44.6. The lowest BCUT2D eigenvalue weighted by molar-refractivity contribution is -0.165. The number of rotatable bonds is 5. The van der Waals surface area contributed by atoms with Gasteiger partial charge < -0.3 is 14.1 Å². The van der Waals surface area contributed by atoms with Crippen LogP contribution < -0.4 is 0 Å². The number of amides is 1. The van der Waals surface area contributed by atoms with Gasteiger partial charge in [-0.15, -0.1) is 0 Å². The van der Waals surface area contributed by atoms with Gasteiger partial charge in [-0.2, -0.15) is 4.31 Å².